The molecule has 0 aromatic rings. The van der Waals surface area contributed by atoms with E-state index in [0.29, 0.717) is 13.2 Å². The van der Waals surface area contributed by atoms with Gasteiger partial charge in [-0.1, -0.05) is 129 Å². The monoisotopic (exact) mass is 460 g/mol. The maximum atomic E-state index is 11.8. The molecule has 0 aliphatic carbocycles. The van der Waals surface area contributed by atoms with E-state index in [1.54, 1.807) is 0 Å². The summed E-state index contributed by atoms with van der Waals surface area (Å²) in [6.45, 7) is 5.14. The third kappa shape index (κ3) is 26.9. The summed E-state index contributed by atoms with van der Waals surface area (Å²) >= 11 is 0. The van der Waals surface area contributed by atoms with Crippen LogP contribution in [0.3, 0.4) is 0 Å². The first-order chi connectivity index (χ1) is 14.1. The molecule has 0 unspecified atom stereocenters. The number of unbranched alkanes of at least 4 members (excludes halogenated alkanes) is 18. The van der Waals surface area contributed by atoms with Crippen LogP contribution in [0, 0.1) is 0 Å². The summed E-state index contributed by atoms with van der Waals surface area (Å²) < 4.78 is 22.0. The molecule has 0 bridgehead atoms. The van der Waals surface area contributed by atoms with Gasteiger partial charge in [0.15, 0.2) is 0 Å². The first-order valence-electron chi connectivity index (χ1n) is 12.7. The molecule has 0 atom stereocenters. The van der Waals surface area contributed by atoms with Gasteiger partial charge >= 0.3 is 30.9 Å². The standard InChI is InChI=1S/C24H51O4P.Mg.2H/c1-3-5-7-9-11-13-15-17-19-21-23-27-29(25,26)28-24-22-20-18-16-14-12-10-8-6-4-2;;;/h3-24H2,1-2H3,(H,25,26);;;/q;+2;2*-1. The van der Waals surface area contributed by atoms with Gasteiger partial charge in [0.1, 0.15) is 0 Å². The Hall–Kier alpha value is 0.876. The van der Waals surface area contributed by atoms with E-state index in [1.807, 2.05) is 0 Å². The number of rotatable bonds is 24. The first-order valence-corrected chi connectivity index (χ1v) is 14.2. The Labute approximate surface area is 207 Å². The van der Waals surface area contributed by atoms with E-state index in [0.717, 1.165) is 25.7 Å². The van der Waals surface area contributed by atoms with Crippen molar-refractivity contribution >= 4 is 30.9 Å². The van der Waals surface area contributed by atoms with Crippen LogP contribution in [0.4, 0.5) is 0 Å². The number of phosphoric ester groups is 1. The molecule has 0 fully saturated rings. The van der Waals surface area contributed by atoms with Gasteiger partial charge in [-0.05, 0) is 12.8 Å². The SMILES string of the molecule is CCCCCCCCCCCCOP(=O)(O)OCCCCCCCCCCCC.[H-].[H-].[Mg+2]. The van der Waals surface area contributed by atoms with Crippen LogP contribution in [0.1, 0.15) is 145 Å². The summed E-state index contributed by atoms with van der Waals surface area (Å²) in [6.07, 6.45) is 24.8. The van der Waals surface area contributed by atoms with Gasteiger partial charge in [0, 0.05) is 0 Å². The second-order valence-electron chi connectivity index (χ2n) is 8.50. The fraction of sp³-hybridized carbons (Fsp3) is 1.00. The van der Waals surface area contributed by atoms with Gasteiger partial charge in [0.25, 0.3) is 0 Å². The van der Waals surface area contributed by atoms with Gasteiger partial charge in [-0.15, -0.1) is 0 Å². The second-order valence-corrected chi connectivity index (χ2v) is 9.95. The van der Waals surface area contributed by atoms with Crippen molar-refractivity contribution in [1.29, 1.82) is 0 Å². The molecule has 0 rings (SSSR count). The Balaban J connectivity index is -0.00000131. The van der Waals surface area contributed by atoms with E-state index in [9.17, 15) is 9.46 Å². The molecule has 0 aromatic carbocycles. The molecule has 0 heterocycles. The summed E-state index contributed by atoms with van der Waals surface area (Å²) in [5.41, 5.74) is 0. The summed E-state index contributed by atoms with van der Waals surface area (Å²) in [7, 11) is -3.85. The fourth-order valence-corrected chi connectivity index (χ4v) is 4.37. The van der Waals surface area contributed by atoms with Crippen LogP contribution in [0.15, 0.2) is 0 Å². The van der Waals surface area contributed by atoms with E-state index in [2.05, 4.69) is 13.8 Å². The zero-order valence-corrected chi connectivity index (χ0v) is 22.7. The van der Waals surface area contributed by atoms with E-state index in [1.165, 1.54) is 103 Å². The van der Waals surface area contributed by atoms with Gasteiger partial charge in [0.05, 0.1) is 13.2 Å². The molecule has 6 heteroatoms. The molecule has 0 saturated carbocycles. The Bertz CT molecular complexity index is 350. The molecule has 4 nitrogen and oxygen atoms in total. The minimum Gasteiger partial charge on any atom is -1.00 e. The largest absolute Gasteiger partial charge is 2.00 e. The molecule has 30 heavy (non-hydrogen) atoms. The topological polar surface area (TPSA) is 55.8 Å². The second kappa shape index (κ2) is 26.1. The van der Waals surface area contributed by atoms with Crippen LogP contribution < -0.4 is 0 Å². The normalized spacial score (nSPS) is 11.6. The molecule has 0 aliphatic rings. The van der Waals surface area contributed by atoms with Crippen molar-refractivity contribution in [1.82, 2.24) is 0 Å². The molecule has 0 spiro atoms. The smallest absolute Gasteiger partial charge is 1.00 e. The van der Waals surface area contributed by atoms with E-state index in [4.69, 9.17) is 9.05 Å². The van der Waals surface area contributed by atoms with Crippen LogP contribution >= 0.6 is 7.82 Å². The van der Waals surface area contributed by atoms with E-state index >= 15 is 0 Å². The molecule has 1 N–H and O–H groups in total. The van der Waals surface area contributed by atoms with Gasteiger partial charge in [0.2, 0.25) is 0 Å². The maximum Gasteiger partial charge on any atom is 2.00 e. The average Bonchev–Trinajstić information content (AvgIpc) is 2.70. The van der Waals surface area contributed by atoms with Gasteiger partial charge in [-0.25, -0.2) is 4.57 Å². The number of phosphoric acid groups is 1. The summed E-state index contributed by atoms with van der Waals surface area (Å²) in [5.74, 6) is 0. The minimum absolute atomic E-state index is 0. The predicted octanol–water partition coefficient (Wildman–Crippen LogP) is 8.81. The van der Waals surface area contributed by atoms with Crippen molar-refractivity contribution in [2.45, 2.75) is 142 Å². The van der Waals surface area contributed by atoms with Gasteiger partial charge in [-0.3, -0.25) is 9.05 Å². The zero-order valence-electron chi connectivity index (χ0n) is 22.4. The molecule has 0 aromatic heterocycles. The third-order valence-electron chi connectivity index (χ3n) is 5.50. The molecule has 0 radical (unpaired) electrons. The van der Waals surface area contributed by atoms with Crippen molar-refractivity contribution in [3.8, 4) is 0 Å². The van der Waals surface area contributed by atoms with Crippen LogP contribution in [0.25, 0.3) is 0 Å². The quantitative estimate of drug-likeness (QED) is 0.0887. The molecular formula is C24H53MgO4P. The Morgan fingerprint density at radius 3 is 1.03 bits per heavy atom. The Kier molecular flexibility index (Phi) is 28.8. The predicted molar refractivity (Wildman–Crippen MR) is 133 cm³/mol. The molecular weight excluding hydrogens is 408 g/mol. The first kappa shape index (κ1) is 33.1. The van der Waals surface area contributed by atoms with Crippen molar-refractivity contribution < 1.29 is 21.4 Å². The summed E-state index contributed by atoms with van der Waals surface area (Å²) in [4.78, 5) is 9.71. The van der Waals surface area contributed by atoms with Crippen molar-refractivity contribution in [3.05, 3.63) is 0 Å². The molecule has 0 saturated heterocycles. The van der Waals surface area contributed by atoms with Crippen LogP contribution in [-0.2, 0) is 13.6 Å². The summed E-state index contributed by atoms with van der Waals surface area (Å²) in [6, 6.07) is 0. The van der Waals surface area contributed by atoms with Gasteiger partial charge in [-0.2, -0.15) is 0 Å². The van der Waals surface area contributed by atoms with Crippen LogP contribution in [-0.4, -0.2) is 41.2 Å². The van der Waals surface area contributed by atoms with Crippen molar-refractivity contribution in [3.63, 3.8) is 0 Å². The van der Waals surface area contributed by atoms with Crippen molar-refractivity contribution in [2.24, 2.45) is 0 Å². The van der Waals surface area contributed by atoms with E-state index in [-0.39, 0.29) is 25.9 Å². The fourth-order valence-electron chi connectivity index (χ4n) is 3.58. The Morgan fingerprint density at radius 1 is 0.533 bits per heavy atom. The molecule has 0 aliphatic heterocycles. The maximum absolute atomic E-state index is 11.8. The van der Waals surface area contributed by atoms with Crippen LogP contribution in [0.2, 0.25) is 0 Å². The zero-order chi connectivity index (χ0) is 21.5. The number of hydrogen-bond acceptors (Lipinski definition) is 3. The number of hydrogen-bond donors (Lipinski definition) is 1. The molecule has 0 amide bonds. The third-order valence-corrected chi connectivity index (χ3v) is 6.52. The van der Waals surface area contributed by atoms with Crippen LogP contribution in [0.5, 0.6) is 0 Å². The average molecular weight is 461 g/mol. The molecule has 180 valence electrons. The van der Waals surface area contributed by atoms with E-state index < -0.39 is 7.82 Å². The van der Waals surface area contributed by atoms with Crippen molar-refractivity contribution in [2.75, 3.05) is 13.2 Å². The van der Waals surface area contributed by atoms with Gasteiger partial charge < -0.3 is 7.75 Å². The summed E-state index contributed by atoms with van der Waals surface area (Å²) in [5, 5.41) is 0. The minimum atomic E-state index is -3.85. The Morgan fingerprint density at radius 2 is 0.767 bits per heavy atom.